The molecule has 160 valence electrons. The third-order valence-electron chi connectivity index (χ3n) is 6.41. The number of carbonyl (C=O) groups excluding carboxylic acids is 2. The van der Waals surface area contributed by atoms with Gasteiger partial charge < -0.3 is 15.4 Å². The molecule has 2 N–H and O–H groups in total. The summed E-state index contributed by atoms with van der Waals surface area (Å²) >= 11 is 0. The topological polar surface area (TPSA) is 85.0 Å². The molecule has 0 spiro atoms. The number of rotatable bonds is 5. The van der Waals surface area contributed by atoms with Gasteiger partial charge in [0.05, 0.1) is 5.41 Å². The molecule has 6 nitrogen and oxygen atoms in total. The lowest BCUT2D eigenvalue weighted by Crippen LogP contribution is -2.47. The number of hydrogen-bond donors (Lipinski definition) is 1. The van der Waals surface area contributed by atoms with Crippen molar-refractivity contribution in [2.75, 3.05) is 13.2 Å². The van der Waals surface area contributed by atoms with E-state index >= 15 is 0 Å². The quantitative estimate of drug-likeness (QED) is 0.715. The summed E-state index contributed by atoms with van der Waals surface area (Å²) in [5.41, 5.74) is 6.21. The Morgan fingerprint density at radius 3 is 2.45 bits per heavy atom. The molecule has 2 amide bonds. The maximum absolute atomic E-state index is 13.0. The van der Waals surface area contributed by atoms with Crippen LogP contribution in [0.1, 0.15) is 71.1 Å². The fourth-order valence-corrected chi connectivity index (χ4v) is 4.76. The van der Waals surface area contributed by atoms with Crippen molar-refractivity contribution in [3.63, 3.8) is 0 Å². The molecule has 1 saturated heterocycles. The maximum Gasteiger partial charge on any atom is 0.251 e. The normalized spacial score (nSPS) is 27.6. The summed E-state index contributed by atoms with van der Waals surface area (Å²) in [5, 5.41) is 0. The van der Waals surface area contributed by atoms with Crippen molar-refractivity contribution >= 4 is 17.7 Å². The van der Waals surface area contributed by atoms with Crippen LogP contribution >= 0.6 is 0 Å². The van der Waals surface area contributed by atoms with Crippen molar-refractivity contribution in [1.29, 1.82) is 0 Å². The molecule has 0 aromatic heterocycles. The number of amides is 2. The lowest BCUT2D eigenvalue weighted by atomic mass is 9.77. The minimum atomic E-state index is -0.576. The van der Waals surface area contributed by atoms with E-state index < -0.39 is 18.0 Å². The van der Waals surface area contributed by atoms with E-state index in [-0.39, 0.29) is 17.9 Å². The summed E-state index contributed by atoms with van der Waals surface area (Å²) in [7, 11) is 0. The van der Waals surface area contributed by atoms with E-state index in [1.807, 2.05) is 6.92 Å². The molecule has 0 aromatic rings. The fourth-order valence-electron chi connectivity index (χ4n) is 4.76. The smallest absolute Gasteiger partial charge is 0.251 e. The van der Waals surface area contributed by atoms with Crippen LogP contribution in [-0.2, 0) is 14.3 Å². The Kier molecular flexibility index (Phi) is 7.14. The third-order valence-corrected chi connectivity index (χ3v) is 6.41. The minimum Gasteiger partial charge on any atom is -0.477 e. The number of carbonyl (C=O) groups is 2. The lowest BCUT2D eigenvalue weighted by Gasteiger charge is -2.30. The number of ether oxygens (including phenoxy) is 1. The SMILES string of the molecule is C=C(C)/C=C/C1(C2=N[C@H](C(=O)N3CCC[C@H]3C(N)=O)CO2)CCCCCCCC1. The summed E-state index contributed by atoms with van der Waals surface area (Å²) in [5.74, 6) is 0.115. The molecule has 2 atom stereocenters. The molecule has 6 heteroatoms. The van der Waals surface area contributed by atoms with Crippen molar-refractivity contribution in [1.82, 2.24) is 4.90 Å². The van der Waals surface area contributed by atoms with Crippen LogP contribution in [0.15, 0.2) is 29.3 Å². The summed E-state index contributed by atoms with van der Waals surface area (Å²) in [4.78, 5) is 31.1. The van der Waals surface area contributed by atoms with E-state index in [0.717, 1.165) is 37.7 Å². The van der Waals surface area contributed by atoms with Crippen molar-refractivity contribution in [2.24, 2.45) is 16.1 Å². The highest BCUT2D eigenvalue weighted by molar-refractivity contribution is 5.94. The average molecular weight is 402 g/mol. The summed E-state index contributed by atoms with van der Waals surface area (Å²) in [6.07, 6.45) is 14.9. The van der Waals surface area contributed by atoms with Crippen LogP contribution in [0.25, 0.3) is 0 Å². The highest BCUT2D eigenvalue weighted by Crippen LogP contribution is 2.39. The molecule has 0 aromatic carbocycles. The second-order valence-electron chi connectivity index (χ2n) is 8.81. The van der Waals surface area contributed by atoms with Crippen LogP contribution < -0.4 is 5.73 Å². The molecule has 0 unspecified atom stereocenters. The zero-order valence-corrected chi connectivity index (χ0v) is 17.7. The zero-order valence-electron chi connectivity index (χ0n) is 17.7. The van der Waals surface area contributed by atoms with E-state index in [9.17, 15) is 9.59 Å². The molecule has 2 heterocycles. The minimum absolute atomic E-state index is 0.136. The molecular formula is C23H35N3O3. The Morgan fingerprint density at radius 1 is 1.17 bits per heavy atom. The monoisotopic (exact) mass is 401 g/mol. The van der Waals surface area contributed by atoms with Crippen LogP contribution in [0.5, 0.6) is 0 Å². The maximum atomic E-state index is 13.0. The van der Waals surface area contributed by atoms with E-state index in [2.05, 4.69) is 18.7 Å². The molecule has 2 aliphatic heterocycles. The van der Waals surface area contributed by atoms with Gasteiger partial charge in [-0.05, 0) is 32.6 Å². The zero-order chi connectivity index (χ0) is 20.9. The van der Waals surface area contributed by atoms with Gasteiger partial charge in [-0.1, -0.05) is 62.8 Å². The second kappa shape index (κ2) is 9.59. The predicted octanol–water partition coefficient (Wildman–Crippen LogP) is 3.51. The van der Waals surface area contributed by atoms with Gasteiger partial charge >= 0.3 is 0 Å². The van der Waals surface area contributed by atoms with Gasteiger partial charge in [-0.3, -0.25) is 9.59 Å². The van der Waals surface area contributed by atoms with Crippen LogP contribution in [-0.4, -0.2) is 47.8 Å². The number of likely N-dealkylation sites (tertiary alicyclic amines) is 1. The van der Waals surface area contributed by atoms with Gasteiger partial charge in [0.25, 0.3) is 5.91 Å². The number of nitrogens with two attached hydrogens (primary N) is 1. The van der Waals surface area contributed by atoms with Gasteiger partial charge in [-0.2, -0.15) is 0 Å². The lowest BCUT2D eigenvalue weighted by molar-refractivity contribution is -0.138. The number of allylic oxidation sites excluding steroid dienone is 2. The summed E-state index contributed by atoms with van der Waals surface area (Å²) in [6, 6.07) is -1.09. The number of aliphatic imine (C=N–C) groups is 1. The number of nitrogens with zero attached hydrogens (tertiary/aromatic N) is 2. The predicted molar refractivity (Wildman–Crippen MR) is 114 cm³/mol. The Hall–Kier alpha value is -2.11. The van der Waals surface area contributed by atoms with E-state index in [1.54, 1.807) is 4.90 Å². The first-order valence-electron chi connectivity index (χ1n) is 11.1. The molecule has 0 radical (unpaired) electrons. The van der Waals surface area contributed by atoms with Gasteiger partial charge in [-0.25, -0.2) is 4.99 Å². The Balaban J connectivity index is 1.83. The molecular weight excluding hydrogens is 366 g/mol. The van der Waals surface area contributed by atoms with Crippen LogP contribution in [0.4, 0.5) is 0 Å². The molecule has 3 rings (SSSR count). The van der Waals surface area contributed by atoms with Gasteiger partial charge in [0.15, 0.2) is 11.9 Å². The van der Waals surface area contributed by atoms with Crippen molar-refractivity contribution in [3.05, 3.63) is 24.3 Å². The number of primary amides is 1. The van der Waals surface area contributed by atoms with E-state index in [0.29, 0.717) is 18.9 Å². The standard InChI is InChI=1S/C23H35N3O3/c1-17(2)11-14-23(12-7-5-3-4-6-8-13-23)22-25-18(16-29-22)21(28)26-15-9-10-19(26)20(24)27/h11,14,18-19H,1,3-10,12-13,15-16H2,2H3,(H2,24,27)/b14-11+/t18-,19-/m0/s1. The third kappa shape index (κ3) is 5.09. The Morgan fingerprint density at radius 2 is 1.83 bits per heavy atom. The van der Waals surface area contributed by atoms with Gasteiger partial charge in [0.1, 0.15) is 12.6 Å². The van der Waals surface area contributed by atoms with Gasteiger partial charge in [0.2, 0.25) is 5.91 Å². The van der Waals surface area contributed by atoms with Crippen LogP contribution in [0.3, 0.4) is 0 Å². The first-order chi connectivity index (χ1) is 13.9. The number of hydrogen-bond acceptors (Lipinski definition) is 4. The summed E-state index contributed by atoms with van der Waals surface area (Å²) < 4.78 is 6.06. The van der Waals surface area contributed by atoms with E-state index in [4.69, 9.17) is 15.5 Å². The largest absolute Gasteiger partial charge is 0.477 e. The Labute approximate surface area is 174 Å². The van der Waals surface area contributed by atoms with Crippen LogP contribution in [0.2, 0.25) is 0 Å². The average Bonchev–Trinajstić information content (AvgIpc) is 3.37. The van der Waals surface area contributed by atoms with Crippen molar-refractivity contribution in [3.8, 4) is 0 Å². The molecule has 1 saturated carbocycles. The molecule has 3 aliphatic rings. The van der Waals surface area contributed by atoms with Gasteiger partial charge in [0, 0.05) is 6.54 Å². The van der Waals surface area contributed by atoms with Crippen LogP contribution in [0, 0.1) is 5.41 Å². The molecule has 1 aliphatic carbocycles. The fraction of sp³-hybridized carbons (Fsp3) is 0.696. The first-order valence-corrected chi connectivity index (χ1v) is 11.1. The molecule has 2 fully saturated rings. The van der Waals surface area contributed by atoms with Crippen molar-refractivity contribution < 1.29 is 14.3 Å². The highest BCUT2D eigenvalue weighted by atomic mass is 16.5. The van der Waals surface area contributed by atoms with Crippen molar-refractivity contribution in [2.45, 2.75) is 83.2 Å². The highest BCUT2D eigenvalue weighted by Gasteiger charge is 2.43. The Bertz CT molecular complexity index is 687. The second-order valence-corrected chi connectivity index (χ2v) is 8.81. The molecule has 29 heavy (non-hydrogen) atoms. The molecule has 0 bridgehead atoms. The van der Waals surface area contributed by atoms with Gasteiger partial charge in [-0.15, -0.1) is 0 Å². The first kappa shape index (κ1) is 21.6. The van der Waals surface area contributed by atoms with E-state index in [1.165, 1.54) is 25.7 Å². The summed E-state index contributed by atoms with van der Waals surface area (Å²) in [6.45, 7) is 6.81.